The zero-order valence-corrected chi connectivity index (χ0v) is 10.1. The summed E-state index contributed by atoms with van der Waals surface area (Å²) in [5.74, 6) is 0. The smallest absolute Gasteiger partial charge is 0.247 e. The van der Waals surface area contributed by atoms with Crippen LogP contribution in [0.25, 0.3) is 0 Å². The zero-order chi connectivity index (χ0) is 13.0. The molecule has 0 amide bonds. The largest absolute Gasteiger partial charge is 0.328 e. The predicted octanol–water partition coefficient (Wildman–Crippen LogP) is 0.248. The van der Waals surface area contributed by atoms with Crippen LogP contribution >= 0.6 is 0 Å². The molecule has 2 rings (SSSR count). The van der Waals surface area contributed by atoms with E-state index < -0.39 is 10.0 Å². The van der Waals surface area contributed by atoms with Gasteiger partial charge < -0.3 is 4.98 Å². The summed E-state index contributed by atoms with van der Waals surface area (Å²) in [5.41, 5.74) is 0.409. The number of H-pyrrole nitrogens is 1. The summed E-state index contributed by atoms with van der Waals surface area (Å²) in [7, 11) is -3.62. The quantitative estimate of drug-likeness (QED) is 0.828. The van der Waals surface area contributed by atoms with Crippen LogP contribution in [0.15, 0.2) is 52.5 Å². The van der Waals surface area contributed by atoms with Gasteiger partial charge in [-0.1, -0.05) is 6.07 Å². The van der Waals surface area contributed by atoms with Gasteiger partial charge in [0.15, 0.2) is 0 Å². The molecule has 0 fully saturated rings. The Morgan fingerprint density at radius 3 is 2.72 bits per heavy atom. The minimum Gasteiger partial charge on any atom is -0.328 e. The molecule has 6 nitrogen and oxygen atoms in total. The molecule has 2 heterocycles. The average molecular weight is 265 g/mol. The topological polar surface area (TPSA) is 91.9 Å². The lowest BCUT2D eigenvalue weighted by Crippen LogP contribution is -2.24. The third kappa shape index (κ3) is 3.02. The molecule has 2 N–H and O–H groups in total. The van der Waals surface area contributed by atoms with Crippen molar-refractivity contribution in [2.45, 2.75) is 11.4 Å². The van der Waals surface area contributed by atoms with Crippen molar-refractivity contribution in [3.63, 3.8) is 0 Å². The van der Waals surface area contributed by atoms with Crippen molar-refractivity contribution in [2.24, 2.45) is 0 Å². The number of sulfonamides is 1. The highest BCUT2D eigenvalue weighted by molar-refractivity contribution is 7.89. The molecule has 0 bridgehead atoms. The van der Waals surface area contributed by atoms with Crippen LogP contribution in [0, 0.1) is 0 Å². The van der Waals surface area contributed by atoms with Gasteiger partial charge in [0.25, 0.3) is 0 Å². The molecule has 0 atom stereocenters. The molecule has 18 heavy (non-hydrogen) atoms. The van der Waals surface area contributed by atoms with Crippen LogP contribution in [0.2, 0.25) is 0 Å². The van der Waals surface area contributed by atoms with E-state index in [1.54, 1.807) is 24.5 Å². The van der Waals surface area contributed by atoms with Crippen molar-refractivity contribution in [2.75, 3.05) is 0 Å². The molecular formula is C11H11N3O3S. The van der Waals surface area contributed by atoms with E-state index in [9.17, 15) is 13.2 Å². The van der Waals surface area contributed by atoms with Gasteiger partial charge in [0.1, 0.15) is 0 Å². The molecule has 94 valence electrons. The van der Waals surface area contributed by atoms with E-state index in [1.165, 1.54) is 12.1 Å². The highest BCUT2D eigenvalue weighted by atomic mass is 32.2. The van der Waals surface area contributed by atoms with Crippen LogP contribution in [-0.2, 0) is 16.6 Å². The summed E-state index contributed by atoms with van der Waals surface area (Å²) in [4.78, 5) is 17.1. The van der Waals surface area contributed by atoms with Gasteiger partial charge in [-0.15, -0.1) is 0 Å². The summed E-state index contributed by atoms with van der Waals surface area (Å²) < 4.78 is 26.1. The Bertz CT molecular complexity index is 660. The summed E-state index contributed by atoms with van der Waals surface area (Å²) in [6.45, 7) is 0.148. The number of nitrogens with zero attached hydrogens (tertiary/aromatic N) is 1. The summed E-state index contributed by atoms with van der Waals surface area (Å²) in [5, 5.41) is 0. The molecule has 0 saturated heterocycles. The highest BCUT2D eigenvalue weighted by Crippen LogP contribution is 2.05. The molecular weight excluding hydrogens is 254 g/mol. The Labute approximate surface area is 104 Å². The van der Waals surface area contributed by atoms with Gasteiger partial charge in [0.2, 0.25) is 15.6 Å². The number of hydrogen-bond donors (Lipinski definition) is 2. The molecule has 0 spiro atoms. The molecule has 2 aromatic heterocycles. The van der Waals surface area contributed by atoms with Crippen molar-refractivity contribution >= 4 is 10.0 Å². The molecule has 0 radical (unpaired) electrons. The van der Waals surface area contributed by atoms with E-state index in [-0.39, 0.29) is 17.0 Å². The standard InChI is InChI=1S/C11H11N3O3S/c15-11-4-3-10(8-13-11)18(16,17)14-7-9-2-1-5-12-6-9/h1-6,8,14H,7H2,(H,13,15). The first-order valence-electron chi connectivity index (χ1n) is 5.15. The molecule has 2 aromatic rings. The van der Waals surface area contributed by atoms with E-state index in [0.717, 1.165) is 11.8 Å². The number of pyridine rings is 2. The Morgan fingerprint density at radius 1 is 1.28 bits per heavy atom. The Hall–Kier alpha value is -1.99. The van der Waals surface area contributed by atoms with Gasteiger partial charge in [-0.2, -0.15) is 0 Å². The summed E-state index contributed by atoms with van der Waals surface area (Å²) in [6.07, 6.45) is 4.35. The summed E-state index contributed by atoms with van der Waals surface area (Å²) >= 11 is 0. The van der Waals surface area contributed by atoms with Crippen LogP contribution in [-0.4, -0.2) is 18.4 Å². The van der Waals surface area contributed by atoms with Crippen molar-refractivity contribution in [3.8, 4) is 0 Å². The monoisotopic (exact) mass is 265 g/mol. The van der Waals surface area contributed by atoms with Gasteiger partial charge in [-0.25, -0.2) is 13.1 Å². The van der Waals surface area contributed by atoms with Crippen LogP contribution in [0.1, 0.15) is 5.56 Å². The Balaban J connectivity index is 2.13. The predicted molar refractivity (Wildman–Crippen MR) is 65.3 cm³/mol. The molecule has 0 aliphatic carbocycles. The number of hydrogen-bond acceptors (Lipinski definition) is 4. The number of nitrogens with one attached hydrogen (secondary N) is 2. The molecule has 0 saturated carbocycles. The third-order valence-corrected chi connectivity index (χ3v) is 3.65. The second kappa shape index (κ2) is 5.11. The Morgan fingerprint density at radius 2 is 2.11 bits per heavy atom. The minimum atomic E-state index is -3.62. The second-order valence-corrected chi connectivity index (χ2v) is 5.34. The first kappa shape index (κ1) is 12.5. The maximum Gasteiger partial charge on any atom is 0.247 e. The first-order chi connectivity index (χ1) is 8.58. The lowest BCUT2D eigenvalue weighted by molar-refractivity contribution is 0.580. The SMILES string of the molecule is O=c1ccc(S(=O)(=O)NCc2cccnc2)c[nH]1. The molecule has 0 aliphatic heterocycles. The van der Waals surface area contributed by atoms with Crippen molar-refractivity contribution in [3.05, 3.63) is 58.8 Å². The van der Waals surface area contributed by atoms with E-state index in [0.29, 0.717) is 0 Å². The molecule has 0 unspecified atom stereocenters. The highest BCUT2D eigenvalue weighted by Gasteiger charge is 2.13. The maximum absolute atomic E-state index is 11.9. The van der Waals surface area contributed by atoms with Crippen LogP contribution in [0.3, 0.4) is 0 Å². The molecule has 0 aliphatic rings. The first-order valence-corrected chi connectivity index (χ1v) is 6.63. The Kier molecular flexibility index (Phi) is 3.54. The lowest BCUT2D eigenvalue weighted by atomic mass is 10.3. The fraction of sp³-hybridized carbons (Fsp3) is 0.0909. The van der Waals surface area contributed by atoms with E-state index >= 15 is 0 Å². The van der Waals surface area contributed by atoms with Crippen LogP contribution < -0.4 is 10.3 Å². The zero-order valence-electron chi connectivity index (χ0n) is 9.33. The van der Waals surface area contributed by atoms with Gasteiger partial charge in [0.05, 0.1) is 4.90 Å². The van der Waals surface area contributed by atoms with E-state index in [4.69, 9.17) is 0 Å². The van der Waals surface area contributed by atoms with Crippen molar-refractivity contribution in [1.29, 1.82) is 0 Å². The van der Waals surface area contributed by atoms with Crippen molar-refractivity contribution in [1.82, 2.24) is 14.7 Å². The van der Waals surface area contributed by atoms with Crippen LogP contribution in [0.5, 0.6) is 0 Å². The van der Waals surface area contributed by atoms with E-state index in [1.807, 2.05) is 0 Å². The fourth-order valence-corrected chi connectivity index (χ4v) is 2.31. The van der Waals surface area contributed by atoms with Gasteiger partial charge in [-0.3, -0.25) is 9.78 Å². The maximum atomic E-state index is 11.9. The van der Waals surface area contributed by atoms with Gasteiger partial charge >= 0.3 is 0 Å². The second-order valence-electron chi connectivity index (χ2n) is 3.57. The number of rotatable bonds is 4. The molecule has 7 heteroatoms. The summed E-state index contributed by atoms with van der Waals surface area (Å²) in [6, 6.07) is 5.91. The van der Waals surface area contributed by atoms with Crippen molar-refractivity contribution < 1.29 is 8.42 Å². The normalized spacial score (nSPS) is 11.3. The molecule has 0 aromatic carbocycles. The van der Waals surface area contributed by atoms with E-state index in [2.05, 4.69) is 14.7 Å². The fourth-order valence-electron chi connectivity index (χ4n) is 1.33. The van der Waals surface area contributed by atoms with Crippen LogP contribution in [0.4, 0.5) is 0 Å². The van der Waals surface area contributed by atoms with Gasteiger partial charge in [0, 0.05) is 31.2 Å². The number of aromatic amines is 1. The number of aromatic nitrogens is 2. The minimum absolute atomic E-state index is 0.0194. The average Bonchev–Trinajstić information content (AvgIpc) is 2.38. The lowest BCUT2D eigenvalue weighted by Gasteiger charge is -2.05. The van der Waals surface area contributed by atoms with Gasteiger partial charge in [-0.05, 0) is 17.7 Å². The third-order valence-electron chi connectivity index (χ3n) is 2.26.